The molecular weight excluding hydrogens is 482 g/mol. The summed E-state index contributed by atoms with van der Waals surface area (Å²) in [5.41, 5.74) is 2.70. The molecule has 5 fully saturated rings. The molecule has 2 bridgehead atoms. The maximum absolute atomic E-state index is 13.1. The largest absolute Gasteiger partial charge is 0.446 e. The summed E-state index contributed by atoms with van der Waals surface area (Å²) >= 11 is 0. The monoisotopic (exact) mass is 525 g/mol. The van der Waals surface area contributed by atoms with Gasteiger partial charge < -0.3 is 28.9 Å². The number of nitrogens with zero attached hydrogens (tertiary/aromatic N) is 3. The van der Waals surface area contributed by atoms with Crippen LogP contribution >= 0.6 is 0 Å². The summed E-state index contributed by atoms with van der Waals surface area (Å²) < 4.78 is 17.0. The SMILES string of the molecule is O=C(OC1CCC1)N1Cc2ccccc2C2(CCN(C3CC4CCC(C3)N4C(=O)OC3CCOC3)CC2)C1.[HH]. The second-order valence-corrected chi connectivity index (χ2v) is 12.6. The number of hydrogen-bond acceptors (Lipinski definition) is 6. The van der Waals surface area contributed by atoms with E-state index >= 15 is 0 Å². The van der Waals surface area contributed by atoms with Gasteiger partial charge in [-0.1, -0.05) is 24.3 Å². The molecule has 1 aromatic carbocycles. The molecule has 0 radical (unpaired) electrons. The number of hydrogen-bond donors (Lipinski definition) is 0. The second kappa shape index (κ2) is 10.0. The first-order valence-electron chi connectivity index (χ1n) is 14.9. The molecule has 1 aliphatic carbocycles. The fraction of sp³-hybridized carbons (Fsp3) is 0.733. The molecule has 38 heavy (non-hydrogen) atoms. The molecule has 5 heterocycles. The predicted octanol–water partition coefficient (Wildman–Crippen LogP) is 4.69. The maximum Gasteiger partial charge on any atom is 0.410 e. The van der Waals surface area contributed by atoms with E-state index in [0.717, 1.165) is 83.8 Å². The van der Waals surface area contributed by atoms with Gasteiger partial charge in [0.2, 0.25) is 0 Å². The minimum Gasteiger partial charge on any atom is -0.446 e. The first-order valence-corrected chi connectivity index (χ1v) is 14.9. The van der Waals surface area contributed by atoms with Gasteiger partial charge in [-0.2, -0.15) is 0 Å². The molecule has 1 saturated carbocycles. The Morgan fingerprint density at radius 1 is 0.895 bits per heavy atom. The summed E-state index contributed by atoms with van der Waals surface area (Å²) in [6, 6.07) is 9.82. The van der Waals surface area contributed by atoms with Crippen LogP contribution in [0, 0.1) is 0 Å². The highest BCUT2D eigenvalue weighted by Crippen LogP contribution is 2.45. The van der Waals surface area contributed by atoms with Gasteiger partial charge in [-0.15, -0.1) is 0 Å². The molecule has 3 unspecified atom stereocenters. The molecule has 7 rings (SSSR count). The van der Waals surface area contributed by atoms with Crippen molar-refractivity contribution >= 4 is 12.2 Å². The molecule has 208 valence electrons. The van der Waals surface area contributed by atoms with E-state index in [4.69, 9.17) is 14.2 Å². The molecule has 2 amide bonds. The van der Waals surface area contributed by atoms with E-state index in [0.29, 0.717) is 25.8 Å². The van der Waals surface area contributed by atoms with Crippen LogP contribution < -0.4 is 0 Å². The summed E-state index contributed by atoms with van der Waals surface area (Å²) in [6.07, 6.45) is 10.1. The van der Waals surface area contributed by atoms with Crippen molar-refractivity contribution in [1.82, 2.24) is 14.7 Å². The van der Waals surface area contributed by atoms with Crippen molar-refractivity contribution in [3.8, 4) is 0 Å². The van der Waals surface area contributed by atoms with Crippen molar-refractivity contribution in [2.24, 2.45) is 0 Å². The zero-order valence-corrected chi connectivity index (χ0v) is 22.4. The average Bonchev–Trinajstić information content (AvgIpc) is 3.51. The van der Waals surface area contributed by atoms with Crippen molar-refractivity contribution in [1.29, 1.82) is 0 Å². The topological polar surface area (TPSA) is 71.6 Å². The standard InChI is InChI=1S/C30H41N3O5.H2/c34-28(37-25-5-3-6-25)32-18-21-4-1-2-7-27(21)30(20-32)11-13-31(14-12-30)24-16-22-8-9-23(17-24)33(22)29(35)38-26-10-15-36-19-26;/h1-2,4,7,22-26H,3,5-6,8-20H2;1H. The van der Waals surface area contributed by atoms with Gasteiger partial charge in [0.15, 0.2) is 0 Å². The molecule has 1 aromatic rings. The summed E-state index contributed by atoms with van der Waals surface area (Å²) in [7, 11) is 0. The smallest absolute Gasteiger partial charge is 0.410 e. The second-order valence-electron chi connectivity index (χ2n) is 12.6. The minimum absolute atomic E-state index is 0. The molecular formula is C30H43N3O5. The van der Waals surface area contributed by atoms with Crippen molar-refractivity contribution in [3.05, 3.63) is 35.4 Å². The van der Waals surface area contributed by atoms with Gasteiger partial charge in [0.05, 0.1) is 13.2 Å². The van der Waals surface area contributed by atoms with E-state index in [-0.39, 0.29) is 43.3 Å². The lowest BCUT2D eigenvalue weighted by molar-refractivity contribution is -0.00182. The Kier molecular flexibility index (Phi) is 6.51. The fourth-order valence-electron chi connectivity index (χ4n) is 8.02. The van der Waals surface area contributed by atoms with Crippen LogP contribution in [0.2, 0.25) is 0 Å². The molecule has 1 spiro atoms. The third-order valence-corrected chi connectivity index (χ3v) is 10.4. The van der Waals surface area contributed by atoms with Gasteiger partial charge >= 0.3 is 12.2 Å². The quantitative estimate of drug-likeness (QED) is 0.570. The van der Waals surface area contributed by atoms with Crippen LogP contribution in [-0.2, 0) is 26.2 Å². The molecule has 8 nitrogen and oxygen atoms in total. The molecule has 5 aliphatic heterocycles. The first-order chi connectivity index (χ1) is 18.6. The lowest BCUT2D eigenvalue weighted by atomic mass is 9.68. The predicted molar refractivity (Wildman–Crippen MR) is 143 cm³/mol. The van der Waals surface area contributed by atoms with Gasteiger partial charge in [0.1, 0.15) is 12.2 Å². The van der Waals surface area contributed by atoms with Crippen LogP contribution in [-0.4, -0.2) is 90.1 Å². The number of benzene rings is 1. The molecule has 8 heteroatoms. The Labute approximate surface area is 227 Å². The van der Waals surface area contributed by atoms with Gasteiger partial charge in [-0.3, -0.25) is 0 Å². The van der Waals surface area contributed by atoms with Gasteiger partial charge in [0, 0.05) is 44.5 Å². The zero-order valence-electron chi connectivity index (χ0n) is 22.4. The minimum atomic E-state index is -0.133. The van der Waals surface area contributed by atoms with E-state index in [9.17, 15) is 9.59 Å². The number of ether oxygens (including phenoxy) is 3. The van der Waals surface area contributed by atoms with E-state index in [1.807, 2.05) is 4.90 Å². The Hall–Kier alpha value is -2.32. The van der Waals surface area contributed by atoms with E-state index in [1.54, 1.807) is 0 Å². The summed E-state index contributed by atoms with van der Waals surface area (Å²) in [6.45, 7) is 4.70. The molecule has 4 saturated heterocycles. The Balaban J connectivity index is 0.00000277. The summed E-state index contributed by atoms with van der Waals surface area (Å²) in [5.74, 6) is 0. The maximum atomic E-state index is 13.1. The van der Waals surface area contributed by atoms with Crippen LogP contribution in [0.25, 0.3) is 0 Å². The van der Waals surface area contributed by atoms with Crippen molar-refractivity contribution in [2.45, 2.75) is 107 Å². The number of amides is 2. The van der Waals surface area contributed by atoms with E-state index in [2.05, 4.69) is 34.1 Å². The highest BCUT2D eigenvalue weighted by Gasteiger charge is 2.49. The molecule has 0 aromatic heterocycles. The lowest BCUT2D eigenvalue weighted by Crippen LogP contribution is -2.58. The molecule has 3 atom stereocenters. The number of rotatable bonds is 3. The summed E-state index contributed by atoms with van der Waals surface area (Å²) in [4.78, 5) is 32.8. The number of carbonyl (C=O) groups excluding carboxylic acids is 2. The van der Waals surface area contributed by atoms with Crippen LogP contribution in [0.3, 0.4) is 0 Å². The normalized spacial score (nSPS) is 32.6. The van der Waals surface area contributed by atoms with E-state index in [1.165, 1.54) is 11.1 Å². The average molecular weight is 526 g/mol. The van der Waals surface area contributed by atoms with Crippen LogP contribution in [0.1, 0.15) is 76.8 Å². The number of carbonyl (C=O) groups is 2. The lowest BCUT2D eigenvalue weighted by Gasteiger charge is -2.51. The van der Waals surface area contributed by atoms with Crippen molar-refractivity contribution < 1.29 is 25.2 Å². The van der Waals surface area contributed by atoms with Crippen LogP contribution in [0.5, 0.6) is 0 Å². The third kappa shape index (κ3) is 4.47. The molecule has 6 aliphatic rings. The van der Waals surface area contributed by atoms with Gasteiger partial charge in [-0.05, 0) is 82.0 Å². The van der Waals surface area contributed by atoms with Crippen LogP contribution in [0.4, 0.5) is 9.59 Å². The zero-order chi connectivity index (χ0) is 25.7. The fourth-order valence-corrected chi connectivity index (χ4v) is 8.02. The van der Waals surface area contributed by atoms with Gasteiger partial charge in [0.25, 0.3) is 0 Å². The number of piperidine rings is 2. The molecule has 0 N–H and O–H groups in total. The highest BCUT2D eigenvalue weighted by molar-refractivity contribution is 5.70. The number of likely N-dealkylation sites (tertiary alicyclic amines) is 1. The Morgan fingerprint density at radius 2 is 1.63 bits per heavy atom. The van der Waals surface area contributed by atoms with Crippen LogP contribution in [0.15, 0.2) is 24.3 Å². The van der Waals surface area contributed by atoms with Gasteiger partial charge in [-0.25, -0.2) is 9.59 Å². The number of fused-ring (bicyclic) bond motifs is 4. The Bertz CT molecular complexity index is 1040. The van der Waals surface area contributed by atoms with Crippen molar-refractivity contribution in [3.63, 3.8) is 0 Å². The summed E-state index contributed by atoms with van der Waals surface area (Å²) in [5, 5.41) is 0. The van der Waals surface area contributed by atoms with Crippen molar-refractivity contribution in [2.75, 3.05) is 32.8 Å². The van der Waals surface area contributed by atoms with E-state index < -0.39 is 0 Å². The highest BCUT2D eigenvalue weighted by atomic mass is 16.6. The third-order valence-electron chi connectivity index (χ3n) is 10.4. The Morgan fingerprint density at radius 3 is 2.32 bits per heavy atom. The first kappa shape index (κ1) is 24.7.